The van der Waals surface area contributed by atoms with Crippen molar-refractivity contribution in [1.29, 1.82) is 0 Å². The molecule has 5 heteroatoms. The van der Waals surface area contributed by atoms with Crippen LogP contribution in [0.1, 0.15) is 18.7 Å². The van der Waals surface area contributed by atoms with E-state index in [1.807, 2.05) is 11.7 Å². The minimum Gasteiger partial charge on any atom is -0.329 e. The van der Waals surface area contributed by atoms with Crippen molar-refractivity contribution in [2.75, 3.05) is 13.1 Å². The van der Waals surface area contributed by atoms with E-state index in [0.29, 0.717) is 6.54 Å². The van der Waals surface area contributed by atoms with E-state index in [0.717, 1.165) is 25.0 Å². The van der Waals surface area contributed by atoms with E-state index in [9.17, 15) is 0 Å². The Labute approximate surface area is 83.9 Å². The first kappa shape index (κ1) is 9.61. The maximum Gasteiger partial charge on any atom is 0.140 e. The first-order valence-electron chi connectivity index (χ1n) is 5.08. The quantitative estimate of drug-likeness (QED) is 0.703. The molecule has 78 valence electrons. The van der Waals surface area contributed by atoms with Crippen LogP contribution in [0.2, 0.25) is 0 Å². The Morgan fingerprint density at radius 1 is 1.64 bits per heavy atom. The molecule has 14 heavy (non-hydrogen) atoms. The zero-order valence-corrected chi connectivity index (χ0v) is 8.56. The smallest absolute Gasteiger partial charge is 0.140 e. The minimum absolute atomic E-state index is 0.717. The standard InChI is InChI=1S/C9H17N5/c1-13-9(11-7-12-13)6-14(5-4-10)8-2-3-8/h7-8H,2-6,10H2,1H3. The molecule has 0 radical (unpaired) electrons. The number of aryl methyl sites for hydroxylation is 1. The van der Waals surface area contributed by atoms with E-state index >= 15 is 0 Å². The van der Waals surface area contributed by atoms with Crippen molar-refractivity contribution >= 4 is 0 Å². The van der Waals surface area contributed by atoms with Crippen LogP contribution in [-0.2, 0) is 13.6 Å². The second kappa shape index (κ2) is 4.06. The van der Waals surface area contributed by atoms with Crippen molar-refractivity contribution in [1.82, 2.24) is 19.7 Å². The summed E-state index contributed by atoms with van der Waals surface area (Å²) in [5.74, 6) is 1.02. The Bertz CT molecular complexity index is 291. The van der Waals surface area contributed by atoms with Gasteiger partial charge >= 0.3 is 0 Å². The second-order valence-electron chi connectivity index (χ2n) is 3.79. The third kappa shape index (κ3) is 2.10. The van der Waals surface area contributed by atoms with Gasteiger partial charge in [-0.05, 0) is 12.8 Å². The lowest BCUT2D eigenvalue weighted by Crippen LogP contribution is -2.32. The highest BCUT2D eigenvalue weighted by atomic mass is 15.3. The Balaban J connectivity index is 1.96. The third-order valence-corrected chi connectivity index (χ3v) is 2.63. The summed E-state index contributed by atoms with van der Waals surface area (Å²) in [6.45, 7) is 2.55. The molecule has 1 aliphatic rings. The van der Waals surface area contributed by atoms with Crippen LogP contribution >= 0.6 is 0 Å². The van der Waals surface area contributed by atoms with E-state index < -0.39 is 0 Å². The van der Waals surface area contributed by atoms with Gasteiger partial charge in [0.2, 0.25) is 0 Å². The van der Waals surface area contributed by atoms with Gasteiger partial charge in [0, 0.05) is 26.2 Å². The van der Waals surface area contributed by atoms with Gasteiger partial charge in [0.1, 0.15) is 12.2 Å². The average molecular weight is 195 g/mol. The first-order valence-corrected chi connectivity index (χ1v) is 5.08. The lowest BCUT2D eigenvalue weighted by Gasteiger charge is -2.19. The molecule has 0 aromatic carbocycles. The summed E-state index contributed by atoms with van der Waals surface area (Å²) in [4.78, 5) is 6.61. The topological polar surface area (TPSA) is 60.0 Å². The average Bonchev–Trinajstić information content (AvgIpc) is 2.93. The molecule has 0 amide bonds. The summed E-state index contributed by atoms with van der Waals surface area (Å²) in [6, 6.07) is 0.732. The molecule has 0 atom stereocenters. The van der Waals surface area contributed by atoms with Gasteiger partial charge in [-0.15, -0.1) is 0 Å². The summed E-state index contributed by atoms with van der Waals surface area (Å²) in [7, 11) is 1.93. The molecule has 1 aromatic heterocycles. The number of hydrogen-bond acceptors (Lipinski definition) is 4. The number of nitrogens with two attached hydrogens (primary N) is 1. The Hall–Kier alpha value is -0.940. The number of hydrogen-bond donors (Lipinski definition) is 1. The number of aromatic nitrogens is 3. The molecule has 1 heterocycles. The van der Waals surface area contributed by atoms with Crippen LogP contribution in [0.5, 0.6) is 0 Å². The van der Waals surface area contributed by atoms with Crippen molar-refractivity contribution in [2.45, 2.75) is 25.4 Å². The summed E-state index contributed by atoms with van der Waals surface area (Å²) in [6.07, 6.45) is 4.21. The number of rotatable bonds is 5. The molecule has 0 unspecified atom stereocenters. The van der Waals surface area contributed by atoms with Gasteiger partial charge in [0.05, 0.1) is 6.54 Å². The van der Waals surface area contributed by atoms with Gasteiger partial charge in [-0.2, -0.15) is 5.10 Å². The fraction of sp³-hybridized carbons (Fsp3) is 0.778. The van der Waals surface area contributed by atoms with Crippen molar-refractivity contribution in [3.63, 3.8) is 0 Å². The van der Waals surface area contributed by atoms with Crippen LogP contribution in [0.25, 0.3) is 0 Å². The molecule has 0 spiro atoms. The summed E-state index contributed by atoms with van der Waals surface area (Å²) >= 11 is 0. The van der Waals surface area contributed by atoms with Crippen molar-refractivity contribution in [3.8, 4) is 0 Å². The lowest BCUT2D eigenvalue weighted by molar-refractivity contribution is 0.252. The molecule has 2 rings (SSSR count). The van der Waals surface area contributed by atoms with Crippen molar-refractivity contribution in [2.24, 2.45) is 12.8 Å². The highest BCUT2D eigenvalue weighted by Crippen LogP contribution is 2.27. The molecule has 5 nitrogen and oxygen atoms in total. The molecule has 1 aromatic rings. The minimum atomic E-state index is 0.717. The Kier molecular flexibility index (Phi) is 2.79. The summed E-state index contributed by atoms with van der Waals surface area (Å²) < 4.78 is 1.83. The van der Waals surface area contributed by atoms with Crippen molar-refractivity contribution < 1.29 is 0 Å². The fourth-order valence-electron chi connectivity index (χ4n) is 1.64. The van der Waals surface area contributed by atoms with E-state index in [2.05, 4.69) is 15.0 Å². The lowest BCUT2D eigenvalue weighted by atomic mass is 10.4. The van der Waals surface area contributed by atoms with Crippen molar-refractivity contribution in [3.05, 3.63) is 12.2 Å². The Morgan fingerprint density at radius 3 is 2.93 bits per heavy atom. The number of nitrogens with zero attached hydrogens (tertiary/aromatic N) is 4. The highest BCUT2D eigenvalue weighted by molar-refractivity contribution is 4.90. The zero-order chi connectivity index (χ0) is 9.97. The van der Waals surface area contributed by atoms with Crippen LogP contribution < -0.4 is 5.73 Å². The first-order chi connectivity index (χ1) is 6.81. The SMILES string of the molecule is Cn1ncnc1CN(CCN)C1CC1. The van der Waals surface area contributed by atoms with E-state index in [1.165, 1.54) is 12.8 Å². The molecule has 1 aliphatic carbocycles. The molecular formula is C9H17N5. The molecule has 2 N–H and O–H groups in total. The largest absolute Gasteiger partial charge is 0.329 e. The van der Waals surface area contributed by atoms with E-state index in [-0.39, 0.29) is 0 Å². The predicted octanol–water partition coefficient (Wildman–Crippen LogP) is -0.262. The molecular weight excluding hydrogens is 178 g/mol. The van der Waals surface area contributed by atoms with Crippen LogP contribution in [0.3, 0.4) is 0 Å². The van der Waals surface area contributed by atoms with E-state index in [1.54, 1.807) is 6.33 Å². The monoisotopic (exact) mass is 195 g/mol. The van der Waals surface area contributed by atoms with Crippen LogP contribution in [0.15, 0.2) is 6.33 Å². The van der Waals surface area contributed by atoms with Crippen LogP contribution in [-0.4, -0.2) is 38.8 Å². The van der Waals surface area contributed by atoms with Gasteiger partial charge in [0.25, 0.3) is 0 Å². The summed E-state index contributed by atoms with van der Waals surface area (Å²) in [5.41, 5.74) is 5.58. The van der Waals surface area contributed by atoms with E-state index in [4.69, 9.17) is 5.73 Å². The summed E-state index contributed by atoms with van der Waals surface area (Å²) in [5, 5.41) is 4.06. The molecule has 0 bridgehead atoms. The predicted molar refractivity (Wildman–Crippen MR) is 53.5 cm³/mol. The van der Waals surface area contributed by atoms with Gasteiger partial charge in [-0.3, -0.25) is 9.58 Å². The van der Waals surface area contributed by atoms with Crippen LogP contribution in [0, 0.1) is 0 Å². The van der Waals surface area contributed by atoms with Gasteiger partial charge in [-0.1, -0.05) is 0 Å². The second-order valence-corrected chi connectivity index (χ2v) is 3.79. The zero-order valence-electron chi connectivity index (χ0n) is 8.56. The third-order valence-electron chi connectivity index (χ3n) is 2.63. The molecule has 0 saturated heterocycles. The maximum atomic E-state index is 5.58. The maximum absolute atomic E-state index is 5.58. The highest BCUT2D eigenvalue weighted by Gasteiger charge is 2.29. The van der Waals surface area contributed by atoms with Gasteiger partial charge < -0.3 is 5.73 Å². The Morgan fingerprint density at radius 2 is 2.43 bits per heavy atom. The normalized spacial score (nSPS) is 16.5. The van der Waals surface area contributed by atoms with Crippen LogP contribution in [0.4, 0.5) is 0 Å². The molecule has 0 aliphatic heterocycles. The van der Waals surface area contributed by atoms with Gasteiger partial charge in [0.15, 0.2) is 0 Å². The fourth-order valence-corrected chi connectivity index (χ4v) is 1.64. The molecule has 1 fully saturated rings. The molecule has 1 saturated carbocycles. The van der Waals surface area contributed by atoms with Gasteiger partial charge in [-0.25, -0.2) is 4.98 Å².